The molecule has 0 amide bonds. The van der Waals surface area contributed by atoms with E-state index in [9.17, 15) is 0 Å². The topological polar surface area (TPSA) is 30.5 Å². The van der Waals surface area contributed by atoms with Gasteiger partial charge < -0.3 is 14.8 Å². The largest absolute Gasteiger partial charge is 0.497 e. The van der Waals surface area contributed by atoms with E-state index in [0.29, 0.717) is 5.41 Å². The summed E-state index contributed by atoms with van der Waals surface area (Å²) in [5.74, 6) is 2.46. The summed E-state index contributed by atoms with van der Waals surface area (Å²) in [6.45, 7) is 6.61. The summed E-state index contributed by atoms with van der Waals surface area (Å²) in [5, 5.41) is 3.58. The summed E-state index contributed by atoms with van der Waals surface area (Å²) in [4.78, 5) is 0. The molecule has 0 saturated heterocycles. The van der Waals surface area contributed by atoms with Crippen molar-refractivity contribution in [1.82, 2.24) is 5.32 Å². The summed E-state index contributed by atoms with van der Waals surface area (Å²) in [5.41, 5.74) is 1.75. The molecule has 2 rings (SSSR count). The predicted molar refractivity (Wildman–Crippen MR) is 77.8 cm³/mol. The summed E-state index contributed by atoms with van der Waals surface area (Å²) in [7, 11) is 3.37. The molecule has 0 spiro atoms. The highest BCUT2D eigenvalue weighted by molar-refractivity contribution is 5.38. The minimum atomic E-state index is 0.545. The molecule has 3 heteroatoms. The van der Waals surface area contributed by atoms with Crippen LogP contribution in [0.1, 0.15) is 32.3 Å². The summed E-state index contributed by atoms with van der Waals surface area (Å²) < 4.78 is 10.6. The van der Waals surface area contributed by atoms with Crippen LogP contribution in [0.2, 0.25) is 0 Å². The normalized spacial score (nSPS) is 16.5. The Morgan fingerprint density at radius 2 is 1.68 bits per heavy atom. The van der Waals surface area contributed by atoms with Gasteiger partial charge in [0.05, 0.1) is 14.2 Å². The van der Waals surface area contributed by atoms with E-state index in [1.165, 1.54) is 18.4 Å². The van der Waals surface area contributed by atoms with Crippen molar-refractivity contribution in [2.75, 3.05) is 20.8 Å². The molecule has 1 saturated carbocycles. The van der Waals surface area contributed by atoms with Gasteiger partial charge in [-0.2, -0.15) is 0 Å². The maximum Gasteiger partial charge on any atom is 0.122 e. The quantitative estimate of drug-likeness (QED) is 0.819. The van der Waals surface area contributed by atoms with Crippen molar-refractivity contribution in [3.8, 4) is 11.5 Å². The Labute approximate surface area is 116 Å². The second kappa shape index (κ2) is 5.83. The van der Waals surface area contributed by atoms with Gasteiger partial charge in [0.1, 0.15) is 11.5 Å². The van der Waals surface area contributed by atoms with E-state index in [0.717, 1.165) is 30.5 Å². The zero-order valence-electron chi connectivity index (χ0n) is 12.5. The first-order valence-corrected chi connectivity index (χ1v) is 7.02. The molecule has 1 aliphatic carbocycles. The Morgan fingerprint density at radius 3 is 2.11 bits per heavy atom. The molecule has 1 N–H and O–H groups in total. The standard InChI is InChI=1S/C16H25NO2/c1-12(2)16(5-6-16)11-17-10-13-7-14(18-3)9-15(8-13)19-4/h7-9,12,17H,5-6,10-11H2,1-4H3. The molecular formula is C16H25NO2. The van der Waals surface area contributed by atoms with E-state index in [1.54, 1.807) is 14.2 Å². The van der Waals surface area contributed by atoms with E-state index < -0.39 is 0 Å². The fourth-order valence-electron chi connectivity index (χ4n) is 2.54. The smallest absolute Gasteiger partial charge is 0.122 e. The summed E-state index contributed by atoms with van der Waals surface area (Å²) in [6, 6.07) is 6.02. The zero-order chi connectivity index (χ0) is 13.9. The van der Waals surface area contributed by atoms with Gasteiger partial charge in [-0.15, -0.1) is 0 Å². The summed E-state index contributed by atoms with van der Waals surface area (Å²) >= 11 is 0. The van der Waals surface area contributed by atoms with Crippen molar-refractivity contribution < 1.29 is 9.47 Å². The van der Waals surface area contributed by atoms with Gasteiger partial charge in [0.15, 0.2) is 0 Å². The number of rotatable bonds is 7. The van der Waals surface area contributed by atoms with Gasteiger partial charge in [0, 0.05) is 19.2 Å². The lowest BCUT2D eigenvalue weighted by Gasteiger charge is -2.20. The lowest BCUT2D eigenvalue weighted by molar-refractivity contribution is 0.337. The highest BCUT2D eigenvalue weighted by Crippen LogP contribution is 2.51. The minimum absolute atomic E-state index is 0.545. The highest BCUT2D eigenvalue weighted by Gasteiger charge is 2.44. The van der Waals surface area contributed by atoms with Crippen LogP contribution in [0.25, 0.3) is 0 Å². The highest BCUT2D eigenvalue weighted by atomic mass is 16.5. The average Bonchev–Trinajstić information content (AvgIpc) is 3.19. The first kappa shape index (κ1) is 14.2. The third-order valence-corrected chi connectivity index (χ3v) is 4.33. The number of ether oxygens (including phenoxy) is 2. The molecule has 1 fully saturated rings. The maximum atomic E-state index is 5.29. The first-order chi connectivity index (χ1) is 9.09. The van der Waals surface area contributed by atoms with Crippen molar-refractivity contribution in [3.05, 3.63) is 23.8 Å². The third kappa shape index (κ3) is 3.41. The van der Waals surface area contributed by atoms with Crippen LogP contribution >= 0.6 is 0 Å². The Bertz CT molecular complexity index is 403. The molecule has 0 aliphatic heterocycles. The monoisotopic (exact) mass is 263 g/mol. The molecule has 1 aromatic rings. The van der Waals surface area contributed by atoms with Crippen molar-refractivity contribution in [2.24, 2.45) is 11.3 Å². The average molecular weight is 263 g/mol. The van der Waals surface area contributed by atoms with E-state index in [-0.39, 0.29) is 0 Å². The molecule has 0 radical (unpaired) electrons. The van der Waals surface area contributed by atoms with E-state index in [1.807, 2.05) is 6.07 Å². The molecule has 3 nitrogen and oxygen atoms in total. The van der Waals surface area contributed by atoms with Crippen molar-refractivity contribution in [3.63, 3.8) is 0 Å². The first-order valence-electron chi connectivity index (χ1n) is 7.02. The SMILES string of the molecule is COc1cc(CNCC2(C(C)C)CC2)cc(OC)c1. The lowest BCUT2D eigenvalue weighted by atomic mass is 9.92. The molecule has 1 aliphatic rings. The molecule has 0 aromatic heterocycles. The Hall–Kier alpha value is -1.22. The number of hydrogen-bond acceptors (Lipinski definition) is 3. The molecule has 0 bridgehead atoms. The van der Waals surface area contributed by atoms with Crippen LogP contribution in [0.4, 0.5) is 0 Å². The van der Waals surface area contributed by atoms with E-state index in [4.69, 9.17) is 9.47 Å². The third-order valence-electron chi connectivity index (χ3n) is 4.33. The predicted octanol–water partition coefficient (Wildman–Crippen LogP) is 3.23. The van der Waals surface area contributed by atoms with Crippen LogP contribution in [0, 0.1) is 11.3 Å². The van der Waals surface area contributed by atoms with Crippen molar-refractivity contribution >= 4 is 0 Å². The number of benzene rings is 1. The number of hydrogen-bond donors (Lipinski definition) is 1. The van der Waals surface area contributed by atoms with Crippen LogP contribution in [0.3, 0.4) is 0 Å². The fourth-order valence-corrected chi connectivity index (χ4v) is 2.54. The molecule has 106 valence electrons. The van der Waals surface area contributed by atoms with Gasteiger partial charge in [-0.25, -0.2) is 0 Å². The molecule has 0 unspecified atom stereocenters. The van der Waals surface area contributed by atoms with Crippen molar-refractivity contribution in [1.29, 1.82) is 0 Å². The van der Waals surface area contributed by atoms with Gasteiger partial charge in [0.25, 0.3) is 0 Å². The Kier molecular flexibility index (Phi) is 4.35. The molecule has 0 heterocycles. The van der Waals surface area contributed by atoms with Gasteiger partial charge >= 0.3 is 0 Å². The number of nitrogens with one attached hydrogen (secondary N) is 1. The second-order valence-corrected chi connectivity index (χ2v) is 5.84. The van der Waals surface area contributed by atoms with E-state index in [2.05, 4.69) is 31.3 Å². The molecule has 19 heavy (non-hydrogen) atoms. The van der Waals surface area contributed by atoms with Crippen LogP contribution < -0.4 is 14.8 Å². The Morgan fingerprint density at radius 1 is 1.11 bits per heavy atom. The molecular weight excluding hydrogens is 238 g/mol. The van der Waals surface area contributed by atoms with Crippen LogP contribution in [-0.4, -0.2) is 20.8 Å². The van der Waals surface area contributed by atoms with Gasteiger partial charge in [-0.1, -0.05) is 13.8 Å². The van der Waals surface area contributed by atoms with E-state index >= 15 is 0 Å². The number of methoxy groups -OCH3 is 2. The Balaban J connectivity index is 1.92. The van der Waals surface area contributed by atoms with Gasteiger partial charge in [-0.05, 0) is 41.9 Å². The van der Waals surface area contributed by atoms with Crippen LogP contribution in [0.15, 0.2) is 18.2 Å². The van der Waals surface area contributed by atoms with Crippen LogP contribution in [-0.2, 0) is 6.54 Å². The second-order valence-electron chi connectivity index (χ2n) is 5.84. The molecule has 1 aromatic carbocycles. The maximum absolute atomic E-state index is 5.29. The fraction of sp³-hybridized carbons (Fsp3) is 0.625. The summed E-state index contributed by atoms with van der Waals surface area (Å²) in [6.07, 6.45) is 2.72. The lowest BCUT2D eigenvalue weighted by Crippen LogP contribution is -2.27. The van der Waals surface area contributed by atoms with Gasteiger partial charge in [-0.3, -0.25) is 0 Å². The molecule has 0 atom stereocenters. The van der Waals surface area contributed by atoms with Crippen molar-refractivity contribution in [2.45, 2.75) is 33.2 Å². The zero-order valence-corrected chi connectivity index (χ0v) is 12.5. The van der Waals surface area contributed by atoms with Crippen LogP contribution in [0.5, 0.6) is 11.5 Å². The van der Waals surface area contributed by atoms with Gasteiger partial charge in [0.2, 0.25) is 0 Å². The minimum Gasteiger partial charge on any atom is -0.497 e.